The van der Waals surface area contributed by atoms with Gasteiger partial charge in [-0.3, -0.25) is 0 Å². The molecule has 1 fully saturated rings. The fraction of sp³-hybridized carbons (Fsp3) is 0.571. The summed E-state index contributed by atoms with van der Waals surface area (Å²) in [5, 5.41) is 12.6. The van der Waals surface area contributed by atoms with Crippen LogP contribution >= 0.6 is 0 Å². The second-order valence-electron chi connectivity index (χ2n) is 5.07. The number of aryl methyl sites for hydroxylation is 1. The number of benzene rings is 1. The Hall–Kier alpha value is -0.860. The molecule has 0 radical (unpaired) electrons. The zero-order valence-electron chi connectivity index (χ0n) is 10.00. The first-order chi connectivity index (χ1) is 7.74. The standard InChI is InChI=1S/C14H21NO/c1-12-2-4-13(5-3-12)6-9-15-10-14(11-16)7-8-14/h2-5,15-16H,6-11H2,1H3. The summed E-state index contributed by atoms with van der Waals surface area (Å²) in [6.45, 7) is 4.42. The monoisotopic (exact) mass is 219 g/mol. The lowest BCUT2D eigenvalue weighted by molar-refractivity contribution is 0.208. The minimum absolute atomic E-state index is 0.229. The molecule has 2 heteroatoms. The number of rotatable bonds is 6. The molecular formula is C14H21NO. The summed E-state index contributed by atoms with van der Waals surface area (Å²) < 4.78 is 0. The Morgan fingerprint density at radius 2 is 1.94 bits per heavy atom. The first kappa shape index (κ1) is 11.6. The van der Waals surface area contributed by atoms with E-state index in [9.17, 15) is 0 Å². The third-order valence-electron chi connectivity index (χ3n) is 3.50. The van der Waals surface area contributed by atoms with Crippen molar-refractivity contribution in [1.82, 2.24) is 5.32 Å². The maximum atomic E-state index is 9.16. The van der Waals surface area contributed by atoms with E-state index in [1.165, 1.54) is 24.0 Å². The molecule has 0 atom stereocenters. The number of aliphatic hydroxyl groups is 1. The number of hydrogen-bond acceptors (Lipinski definition) is 2. The molecule has 0 amide bonds. The maximum Gasteiger partial charge on any atom is 0.0499 e. The van der Waals surface area contributed by atoms with Crippen LogP contribution in [0.15, 0.2) is 24.3 Å². The normalized spacial score (nSPS) is 17.4. The van der Waals surface area contributed by atoms with E-state index in [0.717, 1.165) is 19.5 Å². The first-order valence-electron chi connectivity index (χ1n) is 6.11. The van der Waals surface area contributed by atoms with E-state index in [-0.39, 0.29) is 5.41 Å². The molecule has 1 aromatic rings. The fourth-order valence-electron chi connectivity index (χ4n) is 1.91. The van der Waals surface area contributed by atoms with Crippen molar-refractivity contribution in [3.8, 4) is 0 Å². The molecule has 2 nitrogen and oxygen atoms in total. The zero-order valence-corrected chi connectivity index (χ0v) is 10.00. The van der Waals surface area contributed by atoms with Crippen LogP contribution in [0.4, 0.5) is 0 Å². The number of hydrogen-bond donors (Lipinski definition) is 2. The van der Waals surface area contributed by atoms with Gasteiger partial charge in [0.1, 0.15) is 0 Å². The molecule has 1 saturated carbocycles. The van der Waals surface area contributed by atoms with E-state index in [1.54, 1.807) is 0 Å². The molecule has 16 heavy (non-hydrogen) atoms. The smallest absolute Gasteiger partial charge is 0.0499 e. The average Bonchev–Trinajstić information content (AvgIpc) is 3.08. The minimum Gasteiger partial charge on any atom is -0.396 e. The summed E-state index contributed by atoms with van der Waals surface area (Å²) in [4.78, 5) is 0. The SMILES string of the molecule is Cc1ccc(CCNCC2(CO)CC2)cc1. The highest BCUT2D eigenvalue weighted by molar-refractivity contribution is 5.21. The lowest BCUT2D eigenvalue weighted by Crippen LogP contribution is -2.28. The minimum atomic E-state index is 0.229. The summed E-state index contributed by atoms with van der Waals surface area (Å²) in [7, 11) is 0. The molecule has 0 aromatic heterocycles. The Morgan fingerprint density at radius 3 is 2.50 bits per heavy atom. The van der Waals surface area contributed by atoms with E-state index in [0.29, 0.717) is 6.61 Å². The summed E-state index contributed by atoms with van der Waals surface area (Å²) in [5.41, 5.74) is 2.92. The van der Waals surface area contributed by atoms with Gasteiger partial charge in [-0.1, -0.05) is 29.8 Å². The highest BCUT2D eigenvalue weighted by Gasteiger charge is 2.41. The van der Waals surface area contributed by atoms with E-state index >= 15 is 0 Å². The Morgan fingerprint density at radius 1 is 1.25 bits per heavy atom. The maximum absolute atomic E-state index is 9.16. The summed E-state index contributed by atoms with van der Waals surface area (Å²) in [6.07, 6.45) is 3.43. The van der Waals surface area contributed by atoms with Crippen molar-refractivity contribution >= 4 is 0 Å². The third kappa shape index (κ3) is 3.06. The van der Waals surface area contributed by atoms with Gasteiger partial charge < -0.3 is 10.4 Å². The Bertz CT molecular complexity index is 327. The van der Waals surface area contributed by atoms with E-state index in [1.807, 2.05) is 0 Å². The second-order valence-corrected chi connectivity index (χ2v) is 5.07. The van der Waals surface area contributed by atoms with Crippen LogP contribution in [0.2, 0.25) is 0 Å². The Kier molecular flexibility index (Phi) is 3.62. The molecule has 2 N–H and O–H groups in total. The van der Waals surface area contributed by atoms with E-state index < -0.39 is 0 Å². The van der Waals surface area contributed by atoms with Crippen LogP contribution in [0.25, 0.3) is 0 Å². The van der Waals surface area contributed by atoms with Gasteiger partial charge in [0.2, 0.25) is 0 Å². The predicted octanol–water partition coefficient (Wildman–Crippen LogP) is 1.90. The largest absolute Gasteiger partial charge is 0.396 e. The molecule has 0 bridgehead atoms. The van der Waals surface area contributed by atoms with Crippen LogP contribution in [-0.4, -0.2) is 24.8 Å². The Labute approximate surface area is 97.7 Å². The van der Waals surface area contributed by atoms with Crippen LogP contribution < -0.4 is 5.32 Å². The van der Waals surface area contributed by atoms with Crippen molar-refractivity contribution in [3.63, 3.8) is 0 Å². The van der Waals surface area contributed by atoms with E-state index in [2.05, 4.69) is 36.5 Å². The average molecular weight is 219 g/mol. The van der Waals surface area contributed by atoms with Crippen LogP contribution in [0.3, 0.4) is 0 Å². The molecule has 0 saturated heterocycles. The van der Waals surface area contributed by atoms with Gasteiger partial charge in [0.25, 0.3) is 0 Å². The molecule has 2 rings (SSSR count). The molecule has 88 valence electrons. The molecule has 0 unspecified atom stereocenters. The second kappa shape index (κ2) is 4.98. The van der Waals surface area contributed by atoms with Crippen LogP contribution in [-0.2, 0) is 6.42 Å². The topological polar surface area (TPSA) is 32.3 Å². The van der Waals surface area contributed by atoms with Crippen molar-refractivity contribution < 1.29 is 5.11 Å². The third-order valence-corrected chi connectivity index (χ3v) is 3.50. The summed E-state index contributed by atoms with van der Waals surface area (Å²) >= 11 is 0. The van der Waals surface area contributed by atoms with Gasteiger partial charge in [0, 0.05) is 18.6 Å². The van der Waals surface area contributed by atoms with Gasteiger partial charge >= 0.3 is 0 Å². The van der Waals surface area contributed by atoms with Crippen LogP contribution in [0, 0.1) is 12.3 Å². The molecule has 1 aliphatic rings. The van der Waals surface area contributed by atoms with Gasteiger partial charge in [-0.15, -0.1) is 0 Å². The van der Waals surface area contributed by atoms with Crippen molar-refractivity contribution in [2.45, 2.75) is 26.2 Å². The number of nitrogens with one attached hydrogen (secondary N) is 1. The lowest BCUT2D eigenvalue weighted by Gasteiger charge is -2.12. The molecular weight excluding hydrogens is 198 g/mol. The van der Waals surface area contributed by atoms with Gasteiger partial charge in [-0.25, -0.2) is 0 Å². The molecule has 1 aliphatic carbocycles. The first-order valence-corrected chi connectivity index (χ1v) is 6.11. The summed E-state index contributed by atoms with van der Waals surface area (Å²) in [5.74, 6) is 0. The molecule has 0 spiro atoms. The Balaban J connectivity index is 1.66. The van der Waals surface area contributed by atoms with Crippen LogP contribution in [0.5, 0.6) is 0 Å². The number of aliphatic hydroxyl groups excluding tert-OH is 1. The molecule has 0 heterocycles. The molecule has 1 aromatic carbocycles. The van der Waals surface area contributed by atoms with Crippen LogP contribution in [0.1, 0.15) is 24.0 Å². The van der Waals surface area contributed by atoms with Gasteiger partial charge in [0.05, 0.1) is 0 Å². The highest BCUT2D eigenvalue weighted by Crippen LogP contribution is 2.44. The molecule has 0 aliphatic heterocycles. The van der Waals surface area contributed by atoms with Crippen molar-refractivity contribution in [2.75, 3.05) is 19.7 Å². The lowest BCUT2D eigenvalue weighted by atomic mass is 10.1. The van der Waals surface area contributed by atoms with Gasteiger partial charge in [0.15, 0.2) is 0 Å². The summed E-state index contributed by atoms with van der Waals surface area (Å²) in [6, 6.07) is 8.70. The quantitative estimate of drug-likeness (QED) is 0.716. The highest BCUT2D eigenvalue weighted by atomic mass is 16.3. The van der Waals surface area contributed by atoms with Crippen molar-refractivity contribution in [3.05, 3.63) is 35.4 Å². The van der Waals surface area contributed by atoms with Crippen molar-refractivity contribution in [2.24, 2.45) is 5.41 Å². The predicted molar refractivity (Wildman–Crippen MR) is 66.5 cm³/mol. The van der Waals surface area contributed by atoms with E-state index in [4.69, 9.17) is 5.11 Å². The fourth-order valence-corrected chi connectivity index (χ4v) is 1.91. The van der Waals surface area contributed by atoms with Gasteiger partial charge in [-0.2, -0.15) is 0 Å². The zero-order chi connectivity index (χ0) is 11.4. The van der Waals surface area contributed by atoms with Crippen molar-refractivity contribution in [1.29, 1.82) is 0 Å². The van der Waals surface area contributed by atoms with Gasteiger partial charge in [-0.05, 0) is 38.3 Å².